The Morgan fingerprint density at radius 3 is 2.48 bits per heavy atom. The minimum Gasteiger partial charge on any atom is -0.450 e. The smallest absolute Gasteiger partial charge is 0.409 e. The van der Waals surface area contributed by atoms with Crippen LogP contribution in [0, 0.1) is 0 Å². The van der Waals surface area contributed by atoms with Crippen molar-refractivity contribution in [3.05, 3.63) is 34.9 Å². The fourth-order valence-corrected chi connectivity index (χ4v) is 5.00. The molecule has 0 unspecified atom stereocenters. The molecular weight excluding hydrogens is 420 g/mol. The number of benzene rings is 1. The Balaban J connectivity index is 1.34. The van der Waals surface area contributed by atoms with Gasteiger partial charge in [0.1, 0.15) is 5.54 Å². The maximum atomic E-state index is 13.3. The normalized spacial score (nSPS) is 22.1. The Hall–Kier alpha value is -2.32. The van der Waals surface area contributed by atoms with Crippen molar-refractivity contribution < 1.29 is 19.1 Å². The van der Waals surface area contributed by atoms with Gasteiger partial charge in [-0.15, -0.1) is 0 Å². The third kappa shape index (κ3) is 4.36. The summed E-state index contributed by atoms with van der Waals surface area (Å²) in [5, 5.41) is 3.70. The molecule has 0 radical (unpaired) electrons. The van der Waals surface area contributed by atoms with Gasteiger partial charge in [-0.2, -0.15) is 0 Å². The molecule has 8 nitrogen and oxygen atoms in total. The van der Waals surface area contributed by atoms with Crippen LogP contribution in [0.2, 0.25) is 5.02 Å². The van der Waals surface area contributed by atoms with Crippen LogP contribution in [0.3, 0.4) is 0 Å². The number of nitrogens with zero attached hydrogens (tertiary/aromatic N) is 3. The lowest BCUT2D eigenvalue weighted by atomic mass is 9.87. The fraction of sp³-hybridized carbons (Fsp3) is 0.591. The lowest BCUT2D eigenvalue weighted by Crippen LogP contribution is -2.56. The Morgan fingerprint density at radius 2 is 1.84 bits per heavy atom. The van der Waals surface area contributed by atoms with Crippen LogP contribution in [-0.2, 0) is 16.1 Å². The quantitative estimate of drug-likeness (QED) is 0.716. The number of nitrogens with one attached hydrogen (secondary N) is 1. The van der Waals surface area contributed by atoms with Crippen LogP contribution in [-0.4, -0.2) is 77.1 Å². The minimum atomic E-state index is -0.894. The molecule has 3 saturated heterocycles. The highest BCUT2D eigenvalue weighted by molar-refractivity contribution is 6.31. The van der Waals surface area contributed by atoms with E-state index in [2.05, 4.69) is 10.2 Å². The lowest BCUT2D eigenvalue weighted by Gasteiger charge is -2.38. The van der Waals surface area contributed by atoms with Gasteiger partial charge in [-0.25, -0.2) is 9.59 Å². The van der Waals surface area contributed by atoms with E-state index in [0.717, 1.165) is 43.1 Å². The van der Waals surface area contributed by atoms with Gasteiger partial charge in [0.25, 0.3) is 5.91 Å². The van der Waals surface area contributed by atoms with Crippen LogP contribution in [0.1, 0.15) is 38.2 Å². The topological polar surface area (TPSA) is 82.2 Å². The standard InChI is InChI=1S/C22H29ClN4O4/c1-2-31-21(30)26-13-9-22(10-14-26)19(28)27(20(29)24-22)17-7-11-25(12-8-17)15-16-5-3-4-6-18(16)23/h3-6,17H,2,7-15H2,1H3,(H,24,29). The fourth-order valence-electron chi connectivity index (χ4n) is 4.80. The molecule has 0 atom stereocenters. The third-order valence-electron chi connectivity index (χ3n) is 6.61. The van der Waals surface area contributed by atoms with Crippen LogP contribution in [0.5, 0.6) is 0 Å². The molecule has 1 aromatic carbocycles. The van der Waals surface area contributed by atoms with E-state index in [1.807, 2.05) is 24.3 Å². The first-order valence-corrected chi connectivity index (χ1v) is 11.3. The van der Waals surface area contributed by atoms with Crippen LogP contribution in [0.4, 0.5) is 9.59 Å². The zero-order valence-electron chi connectivity index (χ0n) is 17.8. The molecule has 1 spiro atoms. The first-order chi connectivity index (χ1) is 14.9. The lowest BCUT2D eigenvalue weighted by molar-refractivity contribution is -0.135. The maximum absolute atomic E-state index is 13.3. The van der Waals surface area contributed by atoms with Gasteiger partial charge in [0.2, 0.25) is 0 Å². The van der Waals surface area contributed by atoms with Gasteiger partial charge in [0.15, 0.2) is 0 Å². The van der Waals surface area contributed by atoms with E-state index in [9.17, 15) is 14.4 Å². The number of rotatable bonds is 4. The molecular formula is C22H29ClN4O4. The van der Waals surface area contributed by atoms with Crippen molar-refractivity contribution in [2.45, 2.75) is 50.7 Å². The molecule has 0 saturated carbocycles. The summed E-state index contributed by atoms with van der Waals surface area (Å²) < 4.78 is 5.05. The summed E-state index contributed by atoms with van der Waals surface area (Å²) in [5.74, 6) is -0.148. The van der Waals surface area contributed by atoms with E-state index in [1.54, 1.807) is 11.8 Å². The van der Waals surface area contributed by atoms with E-state index >= 15 is 0 Å². The molecule has 4 rings (SSSR count). The molecule has 1 aromatic rings. The molecule has 31 heavy (non-hydrogen) atoms. The second-order valence-corrected chi connectivity index (χ2v) is 8.88. The van der Waals surface area contributed by atoms with Crippen molar-refractivity contribution in [2.75, 3.05) is 32.8 Å². The third-order valence-corrected chi connectivity index (χ3v) is 6.98. The molecule has 3 aliphatic rings. The van der Waals surface area contributed by atoms with E-state index in [0.29, 0.717) is 32.5 Å². The van der Waals surface area contributed by atoms with Crippen molar-refractivity contribution in [1.29, 1.82) is 0 Å². The number of amides is 4. The number of hydrogen-bond acceptors (Lipinski definition) is 5. The van der Waals surface area contributed by atoms with E-state index in [1.165, 1.54) is 4.90 Å². The molecule has 9 heteroatoms. The molecule has 4 amide bonds. The summed E-state index contributed by atoms with van der Waals surface area (Å²) >= 11 is 6.28. The van der Waals surface area contributed by atoms with Gasteiger partial charge in [-0.3, -0.25) is 14.6 Å². The number of carbonyl (C=O) groups excluding carboxylic acids is 3. The van der Waals surface area contributed by atoms with Gasteiger partial charge in [-0.1, -0.05) is 29.8 Å². The van der Waals surface area contributed by atoms with Crippen LogP contribution >= 0.6 is 11.6 Å². The second kappa shape index (κ2) is 9.04. The predicted octanol–water partition coefficient (Wildman–Crippen LogP) is 2.85. The summed E-state index contributed by atoms with van der Waals surface area (Å²) in [4.78, 5) is 43.3. The summed E-state index contributed by atoms with van der Waals surface area (Å²) in [6.07, 6.45) is 1.96. The molecule has 1 N–H and O–H groups in total. The van der Waals surface area contributed by atoms with Crippen LogP contribution < -0.4 is 5.32 Å². The first-order valence-electron chi connectivity index (χ1n) is 11.0. The van der Waals surface area contributed by atoms with E-state index in [-0.39, 0.29) is 24.1 Å². The van der Waals surface area contributed by atoms with Gasteiger partial charge in [0, 0.05) is 43.8 Å². The van der Waals surface area contributed by atoms with Crippen molar-refractivity contribution in [2.24, 2.45) is 0 Å². The van der Waals surface area contributed by atoms with Gasteiger partial charge in [-0.05, 0) is 44.2 Å². The highest BCUT2D eigenvalue weighted by atomic mass is 35.5. The number of ether oxygens (including phenoxy) is 1. The van der Waals surface area contributed by atoms with Gasteiger partial charge >= 0.3 is 12.1 Å². The number of likely N-dealkylation sites (tertiary alicyclic amines) is 2. The summed E-state index contributed by atoms with van der Waals surface area (Å²) in [7, 11) is 0. The molecule has 168 valence electrons. The Morgan fingerprint density at radius 1 is 1.16 bits per heavy atom. The molecule has 0 bridgehead atoms. The van der Waals surface area contributed by atoms with Crippen molar-refractivity contribution >= 4 is 29.6 Å². The highest BCUT2D eigenvalue weighted by Crippen LogP contribution is 2.33. The van der Waals surface area contributed by atoms with Crippen molar-refractivity contribution in [1.82, 2.24) is 20.0 Å². The van der Waals surface area contributed by atoms with Crippen LogP contribution in [0.25, 0.3) is 0 Å². The number of carbonyl (C=O) groups is 3. The minimum absolute atomic E-state index is 0.0996. The number of urea groups is 1. The molecule has 3 fully saturated rings. The van der Waals surface area contributed by atoms with Crippen molar-refractivity contribution in [3.63, 3.8) is 0 Å². The Kier molecular flexibility index (Phi) is 6.39. The number of imide groups is 1. The second-order valence-electron chi connectivity index (χ2n) is 8.47. The van der Waals surface area contributed by atoms with E-state index in [4.69, 9.17) is 16.3 Å². The summed E-state index contributed by atoms with van der Waals surface area (Å²) in [6, 6.07) is 7.41. The average Bonchev–Trinajstić information content (AvgIpc) is 3.00. The number of halogens is 1. The van der Waals surface area contributed by atoms with E-state index < -0.39 is 5.54 Å². The molecule has 3 heterocycles. The van der Waals surface area contributed by atoms with Crippen LogP contribution in [0.15, 0.2) is 24.3 Å². The average molecular weight is 449 g/mol. The molecule has 0 aromatic heterocycles. The highest BCUT2D eigenvalue weighted by Gasteiger charge is 2.54. The molecule has 3 aliphatic heterocycles. The van der Waals surface area contributed by atoms with Crippen molar-refractivity contribution in [3.8, 4) is 0 Å². The number of hydrogen-bond donors (Lipinski definition) is 1. The van der Waals surface area contributed by atoms with Gasteiger partial charge < -0.3 is 15.0 Å². The maximum Gasteiger partial charge on any atom is 0.409 e. The summed E-state index contributed by atoms with van der Waals surface area (Å²) in [6.45, 7) is 5.25. The zero-order chi connectivity index (χ0) is 22.0. The SMILES string of the molecule is CCOC(=O)N1CCC2(CC1)NC(=O)N(C1CCN(Cc3ccccc3Cl)CC1)C2=O. The van der Waals surface area contributed by atoms with Gasteiger partial charge in [0.05, 0.1) is 6.61 Å². The number of piperidine rings is 2. The largest absolute Gasteiger partial charge is 0.450 e. The first kappa shape index (κ1) is 21.9. The molecule has 0 aliphatic carbocycles. The predicted molar refractivity (Wildman–Crippen MR) is 116 cm³/mol. The zero-order valence-corrected chi connectivity index (χ0v) is 18.6. The Bertz CT molecular complexity index is 848. The monoisotopic (exact) mass is 448 g/mol. The summed E-state index contributed by atoms with van der Waals surface area (Å²) in [5.41, 5.74) is 0.194. The Labute approximate surface area is 187 Å².